The highest BCUT2D eigenvalue weighted by molar-refractivity contribution is 5.99. The first-order chi connectivity index (χ1) is 13.1. The van der Waals surface area contributed by atoms with Crippen molar-refractivity contribution in [3.8, 4) is 5.75 Å². The van der Waals surface area contributed by atoms with Crippen molar-refractivity contribution >= 4 is 29.0 Å². The number of carbonyl (C=O) groups excluding carboxylic acids is 2. The van der Waals surface area contributed by atoms with Gasteiger partial charge in [-0.3, -0.25) is 14.6 Å². The van der Waals surface area contributed by atoms with Crippen molar-refractivity contribution in [2.24, 2.45) is 5.92 Å². The number of fused-ring (bicyclic) bond motifs is 1. The second-order valence-electron chi connectivity index (χ2n) is 6.77. The van der Waals surface area contributed by atoms with Crippen molar-refractivity contribution in [3.05, 3.63) is 36.8 Å². The number of piperidine rings is 1. The number of benzene rings is 1. The predicted molar refractivity (Wildman–Crippen MR) is 101 cm³/mol. The van der Waals surface area contributed by atoms with Gasteiger partial charge >= 0.3 is 0 Å². The molecule has 1 aromatic carbocycles. The number of hydrogen-bond donors (Lipinski definition) is 2. The van der Waals surface area contributed by atoms with E-state index in [9.17, 15) is 9.59 Å². The Morgan fingerprint density at radius 3 is 2.85 bits per heavy atom. The molecule has 0 saturated carbocycles. The summed E-state index contributed by atoms with van der Waals surface area (Å²) < 4.78 is 5.53. The summed E-state index contributed by atoms with van der Waals surface area (Å²) in [5.41, 5.74) is 1.22. The van der Waals surface area contributed by atoms with Crippen molar-refractivity contribution in [1.29, 1.82) is 0 Å². The summed E-state index contributed by atoms with van der Waals surface area (Å²) in [7, 11) is 0. The summed E-state index contributed by atoms with van der Waals surface area (Å²) in [5, 5.41) is 5.74. The molecule has 3 heterocycles. The minimum absolute atomic E-state index is 0.00910. The lowest BCUT2D eigenvalue weighted by Gasteiger charge is -2.32. The van der Waals surface area contributed by atoms with Gasteiger partial charge in [-0.25, -0.2) is 4.98 Å². The molecule has 8 heteroatoms. The molecular formula is C19H21N5O3. The van der Waals surface area contributed by atoms with Gasteiger partial charge < -0.3 is 20.3 Å². The molecule has 1 fully saturated rings. The van der Waals surface area contributed by atoms with E-state index in [4.69, 9.17) is 4.74 Å². The molecule has 1 unspecified atom stereocenters. The van der Waals surface area contributed by atoms with Crippen LogP contribution in [-0.2, 0) is 9.59 Å². The SMILES string of the molecule is CC1Oc2ccc(NC(=O)C3CCN(c4cnccn4)CC3)cc2NC1=O. The second kappa shape index (κ2) is 7.22. The summed E-state index contributed by atoms with van der Waals surface area (Å²) in [6, 6.07) is 5.28. The number of nitrogens with zero attached hydrogens (tertiary/aromatic N) is 3. The molecule has 1 saturated heterocycles. The van der Waals surface area contributed by atoms with Crippen LogP contribution in [0.4, 0.5) is 17.2 Å². The van der Waals surface area contributed by atoms with Crippen LogP contribution in [0.5, 0.6) is 5.75 Å². The van der Waals surface area contributed by atoms with Crippen LogP contribution in [-0.4, -0.2) is 41.0 Å². The average molecular weight is 367 g/mol. The van der Waals surface area contributed by atoms with Crippen LogP contribution in [0.1, 0.15) is 19.8 Å². The molecule has 1 atom stereocenters. The lowest BCUT2D eigenvalue weighted by atomic mass is 9.96. The van der Waals surface area contributed by atoms with E-state index < -0.39 is 6.10 Å². The number of carbonyl (C=O) groups is 2. The van der Waals surface area contributed by atoms with E-state index in [0.29, 0.717) is 17.1 Å². The number of hydrogen-bond acceptors (Lipinski definition) is 6. The van der Waals surface area contributed by atoms with Gasteiger partial charge in [0, 0.05) is 37.1 Å². The molecule has 2 N–H and O–H groups in total. The minimum atomic E-state index is -0.516. The molecule has 4 rings (SSSR count). The molecule has 27 heavy (non-hydrogen) atoms. The fourth-order valence-electron chi connectivity index (χ4n) is 3.36. The largest absolute Gasteiger partial charge is 0.479 e. The van der Waals surface area contributed by atoms with Crippen LogP contribution >= 0.6 is 0 Å². The van der Waals surface area contributed by atoms with Crippen LogP contribution in [0.25, 0.3) is 0 Å². The standard InChI is InChI=1S/C19H21N5O3/c1-12-18(25)23-15-10-14(2-3-16(15)27-12)22-19(26)13-4-8-24(9-5-13)17-11-20-6-7-21-17/h2-3,6-7,10-13H,4-5,8-9H2,1H3,(H,22,26)(H,23,25). The van der Waals surface area contributed by atoms with Crippen LogP contribution in [0, 0.1) is 5.92 Å². The topological polar surface area (TPSA) is 96.4 Å². The summed E-state index contributed by atoms with van der Waals surface area (Å²) in [4.78, 5) is 34.9. The Balaban J connectivity index is 1.36. The number of ether oxygens (including phenoxy) is 1. The predicted octanol–water partition coefficient (Wildman–Crippen LogP) is 2.05. The van der Waals surface area contributed by atoms with Gasteiger partial charge in [0.15, 0.2) is 6.10 Å². The highest BCUT2D eigenvalue weighted by Crippen LogP contribution is 2.32. The molecule has 2 aromatic rings. The first kappa shape index (κ1) is 17.3. The lowest BCUT2D eigenvalue weighted by molar-refractivity contribution is -0.122. The third-order valence-corrected chi connectivity index (χ3v) is 4.92. The second-order valence-corrected chi connectivity index (χ2v) is 6.77. The molecule has 0 radical (unpaired) electrons. The van der Waals surface area contributed by atoms with E-state index in [2.05, 4.69) is 25.5 Å². The van der Waals surface area contributed by atoms with Gasteiger partial charge in [-0.2, -0.15) is 0 Å². The van der Waals surface area contributed by atoms with Gasteiger partial charge in [0.05, 0.1) is 11.9 Å². The maximum atomic E-state index is 12.6. The quantitative estimate of drug-likeness (QED) is 0.862. The lowest BCUT2D eigenvalue weighted by Crippen LogP contribution is -2.38. The molecule has 2 aliphatic rings. The zero-order chi connectivity index (χ0) is 18.8. The van der Waals surface area contributed by atoms with Crippen LogP contribution in [0.2, 0.25) is 0 Å². The number of rotatable bonds is 3. The molecule has 2 aliphatic heterocycles. The Morgan fingerprint density at radius 1 is 1.30 bits per heavy atom. The number of anilines is 3. The Bertz CT molecular complexity index is 850. The Hall–Kier alpha value is -3.16. The molecule has 0 spiro atoms. The van der Waals surface area contributed by atoms with Crippen molar-refractivity contribution in [3.63, 3.8) is 0 Å². The maximum Gasteiger partial charge on any atom is 0.265 e. The van der Waals surface area contributed by atoms with Gasteiger partial charge in [-0.1, -0.05) is 0 Å². The highest BCUT2D eigenvalue weighted by Gasteiger charge is 2.27. The fraction of sp³-hybridized carbons (Fsp3) is 0.368. The van der Waals surface area contributed by atoms with Crippen LogP contribution in [0.15, 0.2) is 36.8 Å². The van der Waals surface area contributed by atoms with E-state index in [1.165, 1.54) is 0 Å². The van der Waals surface area contributed by atoms with Gasteiger partial charge in [0.25, 0.3) is 5.91 Å². The molecule has 140 valence electrons. The molecule has 0 aliphatic carbocycles. The normalized spacial score (nSPS) is 19.7. The van der Waals surface area contributed by atoms with Crippen molar-refractivity contribution in [2.45, 2.75) is 25.9 Å². The average Bonchev–Trinajstić information content (AvgIpc) is 2.70. The van der Waals surface area contributed by atoms with E-state index in [0.717, 1.165) is 31.7 Å². The van der Waals surface area contributed by atoms with Gasteiger partial charge in [0.1, 0.15) is 11.6 Å². The van der Waals surface area contributed by atoms with Crippen LogP contribution in [0.3, 0.4) is 0 Å². The van der Waals surface area contributed by atoms with E-state index in [-0.39, 0.29) is 17.7 Å². The third-order valence-electron chi connectivity index (χ3n) is 4.92. The van der Waals surface area contributed by atoms with Crippen LogP contribution < -0.4 is 20.3 Å². The number of amides is 2. The zero-order valence-electron chi connectivity index (χ0n) is 15.0. The van der Waals surface area contributed by atoms with E-state index in [1.807, 2.05) is 0 Å². The Morgan fingerprint density at radius 2 is 2.11 bits per heavy atom. The zero-order valence-corrected chi connectivity index (χ0v) is 15.0. The Kier molecular flexibility index (Phi) is 4.62. The van der Waals surface area contributed by atoms with Gasteiger partial charge in [0.2, 0.25) is 5.91 Å². The monoisotopic (exact) mass is 367 g/mol. The van der Waals surface area contributed by atoms with E-state index in [1.54, 1.807) is 43.7 Å². The first-order valence-electron chi connectivity index (χ1n) is 9.03. The molecule has 0 bridgehead atoms. The summed E-state index contributed by atoms with van der Waals surface area (Å²) in [6.45, 7) is 3.23. The molecular weight excluding hydrogens is 346 g/mol. The summed E-state index contributed by atoms with van der Waals surface area (Å²) in [5.74, 6) is 1.20. The highest BCUT2D eigenvalue weighted by atomic mass is 16.5. The van der Waals surface area contributed by atoms with Gasteiger partial charge in [-0.05, 0) is 38.0 Å². The van der Waals surface area contributed by atoms with Crippen molar-refractivity contribution < 1.29 is 14.3 Å². The maximum absolute atomic E-state index is 12.6. The molecule has 1 aromatic heterocycles. The van der Waals surface area contributed by atoms with E-state index >= 15 is 0 Å². The fourth-order valence-corrected chi connectivity index (χ4v) is 3.36. The van der Waals surface area contributed by atoms with Crippen molar-refractivity contribution in [2.75, 3.05) is 28.6 Å². The summed E-state index contributed by atoms with van der Waals surface area (Å²) >= 11 is 0. The third kappa shape index (κ3) is 3.69. The Labute approximate surface area is 156 Å². The first-order valence-corrected chi connectivity index (χ1v) is 9.03. The molecule has 2 amide bonds. The summed E-state index contributed by atoms with van der Waals surface area (Å²) in [6.07, 6.45) is 6.06. The molecule has 8 nitrogen and oxygen atoms in total. The number of aromatic nitrogens is 2. The minimum Gasteiger partial charge on any atom is -0.479 e. The van der Waals surface area contributed by atoms with Crippen molar-refractivity contribution in [1.82, 2.24) is 9.97 Å². The smallest absolute Gasteiger partial charge is 0.265 e. The number of nitrogens with one attached hydrogen (secondary N) is 2. The van der Waals surface area contributed by atoms with Gasteiger partial charge in [-0.15, -0.1) is 0 Å².